The van der Waals surface area contributed by atoms with Gasteiger partial charge in [-0.1, -0.05) is 60.1 Å². The molecule has 27 heavy (non-hydrogen) atoms. The second kappa shape index (κ2) is 8.36. The van der Waals surface area contributed by atoms with Gasteiger partial charge in [0.2, 0.25) is 5.91 Å². The van der Waals surface area contributed by atoms with Crippen LogP contribution in [0, 0.1) is 0 Å². The molecule has 0 saturated heterocycles. The molecule has 1 amide bonds. The molecule has 0 bridgehead atoms. The zero-order valence-electron chi connectivity index (χ0n) is 14.6. The van der Waals surface area contributed by atoms with Crippen LogP contribution < -0.4 is 10.8 Å². The summed E-state index contributed by atoms with van der Waals surface area (Å²) in [5.74, 6) is -1.50. The topological polar surface area (TPSA) is 66.4 Å². The Labute approximate surface area is 159 Å². The van der Waals surface area contributed by atoms with Gasteiger partial charge in [-0.2, -0.15) is 0 Å². The van der Waals surface area contributed by atoms with Crippen molar-refractivity contribution in [3.63, 3.8) is 0 Å². The Morgan fingerprint density at radius 3 is 2.11 bits per heavy atom. The van der Waals surface area contributed by atoms with Crippen molar-refractivity contribution in [3.8, 4) is 0 Å². The van der Waals surface area contributed by atoms with Crippen LogP contribution in [0.1, 0.15) is 27.4 Å². The van der Waals surface area contributed by atoms with Crippen LogP contribution in [0.2, 0.25) is 0 Å². The number of rotatable bonds is 6. The number of benzene rings is 3. The fourth-order valence-corrected chi connectivity index (χ4v) is 2.86. The zero-order valence-corrected chi connectivity index (χ0v) is 14.6. The van der Waals surface area contributed by atoms with Crippen LogP contribution in [-0.2, 0) is 11.2 Å². The second-order valence-electron chi connectivity index (χ2n) is 6.28. The number of nitrogens with one attached hydrogen (secondary N) is 1. The molecule has 3 rings (SSSR count). The monoisotopic (exact) mass is 355 g/mol. The quantitative estimate of drug-likeness (QED) is 0.668. The van der Waals surface area contributed by atoms with Gasteiger partial charge in [-0.05, 0) is 41.8 Å². The lowest BCUT2D eigenvalue weighted by Gasteiger charge is -2.18. The SMILES string of the molecule is [B]c1ccc(NC(=O)[C@H](Cc2ccc(C(=O)O)cc2)c2ccccc2)cc1. The number of hydrogen-bond donors (Lipinski definition) is 2. The van der Waals surface area contributed by atoms with E-state index in [0.717, 1.165) is 11.1 Å². The number of anilines is 1. The Hall–Kier alpha value is -3.34. The van der Waals surface area contributed by atoms with Crippen LogP contribution in [0.4, 0.5) is 5.69 Å². The van der Waals surface area contributed by atoms with Crippen molar-refractivity contribution < 1.29 is 14.7 Å². The normalized spacial score (nSPS) is 11.6. The summed E-state index contributed by atoms with van der Waals surface area (Å²) in [6.45, 7) is 0. The van der Waals surface area contributed by atoms with Gasteiger partial charge in [0.15, 0.2) is 0 Å². The lowest BCUT2D eigenvalue weighted by molar-refractivity contribution is -0.117. The maximum Gasteiger partial charge on any atom is 0.335 e. The molecule has 132 valence electrons. The molecular weight excluding hydrogens is 337 g/mol. The van der Waals surface area contributed by atoms with E-state index in [2.05, 4.69) is 5.32 Å². The maximum absolute atomic E-state index is 12.9. The lowest BCUT2D eigenvalue weighted by atomic mass is 9.90. The number of aromatic carboxylic acids is 1. The van der Waals surface area contributed by atoms with Crippen LogP contribution in [0.15, 0.2) is 78.9 Å². The van der Waals surface area contributed by atoms with Gasteiger partial charge in [0.25, 0.3) is 0 Å². The zero-order chi connectivity index (χ0) is 19.2. The van der Waals surface area contributed by atoms with Gasteiger partial charge in [0.1, 0.15) is 7.85 Å². The van der Waals surface area contributed by atoms with Crippen LogP contribution in [0.25, 0.3) is 0 Å². The Balaban J connectivity index is 1.83. The van der Waals surface area contributed by atoms with Gasteiger partial charge in [-0.3, -0.25) is 4.79 Å². The minimum atomic E-state index is -0.970. The summed E-state index contributed by atoms with van der Waals surface area (Å²) in [5.41, 5.74) is 3.32. The van der Waals surface area contributed by atoms with E-state index in [9.17, 15) is 9.59 Å². The van der Waals surface area contributed by atoms with Crippen molar-refractivity contribution in [2.24, 2.45) is 0 Å². The molecule has 0 fully saturated rings. The van der Waals surface area contributed by atoms with E-state index in [1.165, 1.54) is 0 Å². The second-order valence-corrected chi connectivity index (χ2v) is 6.28. The van der Waals surface area contributed by atoms with E-state index < -0.39 is 11.9 Å². The first kappa shape index (κ1) is 18.5. The van der Waals surface area contributed by atoms with Crippen LogP contribution >= 0.6 is 0 Å². The molecule has 2 N–H and O–H groups in total. The molecule has 3 aromatic carbocycles. The number of hydrogen-bond acceptors (Lipinski definition) is 2. The van der Waals surface area contributed by atoms with Gasteiger partial charge < -0.3 is 10.4 Å². The highest BCUT2D eigenvalue weighted by molar-refractivity contribution is 6.32. The number of carboxylic acids is 1. The molecule has 0 aliphatic rings. The molecule has 4 nitrogen and oxygen atoms in total. The van der Waals surface area contributed by atoms with E-state index in [0.29, 0.717) is 17.6 Å². The van der Waals surface area contributed by atoms with Crippen molar-refractivity contribution in [2.45, 2.75) is 12.3 Å². The molecule has 5 heteroatoms. The van der Waals surface area contributed by atoms with E-state index in [4.69, 9.17) is 13.0 Å². The highest BCUT2D eigenvalue weighted by Crippen LogP contribution is 2.23. The van der Waals surface area contributed by atoms with E-state index >= 15 is 0 Å². The van der Waals surface area contributed by atoms with E-state index in [1.54, 1.807) is 48.5 Å². The predicted molar refractivity (Wildman–Crippen MR) is 107 cm³/mol. The third kappa shape index (κ3) is 4.85. The smallest absolute Gasteiger partial charge is 0.335 e. The summed E-state index contributed by atoms with van der Waals surface area (Å²) in [6, 6.07) is 23.1. The average Bonchev–Trinajstić information content (AvgIpc) is 2.69. The Bertz CT molecular complexity index is 922. The first-order chi connectivity index (χ1) is 13.0. The van der Waals surface area contributed by atoms with E-state index in [-0.39, 0.29) is 11.5 Å². The molecular formula is C22H18BNO3. The molecule has 0 saturated carbocycles. The summed E-state index contributed by atoms with van der Waals surface area (Å²) in [7, 11) is 5.69. The molecule has 1 atom stereocenters. The number of carbonyl (C=O) groups is 2. The van der Waals surface area contributed by atoms with Crippen molar-refractivity contribution >= 4 is 30.9 Å². The van der Waals surface area contributed by atoms with Crippen molar-refractivity contribution in [3.05, 3.63) is 95.6 Å². The highest BCUT2D eigenvalue weighted by Gasteiger charge is 2.21. The van der Waals surface area contributed by atoms with Gasteiger partial charge in [-0.25, -0.2) is 4.79 Å². The predicted octanol–water partition coefficient (Wildman–Crippen LogP) is 3.14. The van der Waals surface area contributed by atoms with Crippen molar-refractivity contribution in [2.75, 3.05) is 5.32 Å². The molecule has 0 spiro atoms. The minimum absolute atomic E-state index is 0.131. The summed E-state index contributed by atoms with van der Waals surface area (Å²) < 4.78 is 0. The summed E-state index contributed by atoms with van der Waals surface area (Å²) >= 11 is 0. The summed E-state index contributed by atoms with van der Waals surface area (Å²) in [6.07, 6.45) is 0.463. The molecule has 3 aromatic rings. The fourth-order valence-electron chi connectivity index (χ4n) is 2.86. The number of carbonyl (C=O) groups excluding carboxylic acids is 1. The van der Waals surface area contributed by atoms with Gasteiger partial charge in [0.05, 0.1) is 11.5 Å². The third-order valence-electron chi connectivity index (χ3n) is 4.34. The molecule has 0 aliphatic heterocycles. The van der Waals surface area contributed by atoms with Crippen LogP contribution in [-0.4, -0.2) is 24.8 Å². The molecule has 0 aliphatic carbocycles. The largest absolute Gasteiger partial charge is 0.478 e. The first-order valence-corrected chi connectivity index (χ1v) is 8.56. The maximum atomic E-state index is 12.9. The van der Waals surface area contributed by atoms with Gasteiger partial charge >= 0.3 is 5.97 Å². The Morgan fingerprint density at radius 2 is 1.52 bits per heavy atom. The molecule has 0 aromatic heterocycles. The van der Waals surface area contributed by atoms with Gasteiger partial charge in [0, 0.05) is 5.69 Å². The molecule has 2 radical (unpaired) electrons. The Morgan fingerprint density at radius 1 is 0.889 bits per heavy atom. The van der Waals surface area contributed by atoms with Crippen molar-refractivity contribution in [1.29, 1.82) is 0 Å². The Kier molecular flexibility index (Phi) is 5.72. The number of amides is 1. The molecule has 0 heterocycles. The summed E-state index contributed by atoms with van der Waals surface area (Å²) in [5, 5.41) is 12.0. The standard InChI is InChI=1S/C22H18BNO3/c23-18-10-12-19(13-11-18)24-21(25)20(16-4-2-1-3-5-16)14-15-6-8-17(9-7-15)22(26)27/h1-13,20H,14H2,(H,24,25)(H,26,27)/t20-/m1/s1. The van der Waals surface area contributed by atoms with Crippen LogP contribution in [0.5, 0.6) is 0 Å². The lowest BCUT2D eigenvalue weighted by Crippen LogP contribution is -2.23. The average molecular weight is 355 g/mol. The fraction of sp³-hybridized carbons (Fsp3) is 0.0909. The molecule has 0 unspecified atom stereocenters. The summed E-state index contributed by atoms with van der Waals surface area (Å²) in [4.78, 5) is 24.0. The van der Waals surface area contributed by atoms with Crippen molar-refractivity contribution in [1.82, 2.24) is 0 Å². The minimum Gasteiger partial charge on any atom is -0.478 e. The number of carboxylic acid groups (broad SMARTS) is 1. The van der Waals surface area contributed by atoms with Gasteiger partial charge in [-0.15, -0.1) is 0 Å². The van der Waals surface area contributed by atoms with Crippen LogP contribution in [0.3, 0.4) is 0 Å². The highest BCUT2D eigenvalue weighted by atomic mass is 16.4. The van der Waals surface area contributed by atoms with E-state index in [1.807, 2.05) is 30.3 Å². The first-order valence-electron chi connectivity index (χ1n) is 8.56. The third-order valence-corrected chi connectivity index (χ3v) is 4.34.